The third-order valence-electron chi connectivity index (χ3n) is 3.44. The molecule has 1 N–H and O–H groups in total. The molecule has 1 aliphatic heterocycles. The van der Waals surface area contributed by atoms with Crippen LogP contribution in [-0.4, -0.2) is 60.7 Å². The highest BCUT2D eigenvalue weighted by atomic mass is 32.1. The highest BCUT2D eigenvalue weighted by molar-refractivity contribution is 7.80. The standard InChI is InChI=1S/C15H20FN3O2S/c1-18(11-14(20)19-6-8-21-9-7-19)15(22)17-10-12-2-4-13(16)5-3-12/h2-5H,6-11H2,1H3,(H,17,22). The average Bonchev–Trinajstić information content (AvgIpc) is 2.54. The van der Waals surface area contributed by atoms with Gasteiger partial charge in [-0.05, 0) is 29.9 Å². The lowest BCUT2D eigenvalue weighted by atomic mass is 10.2. The molecule has 0 aromatic heterocycles. The third-order valence-corrected chi connectivity index (χ3v) is 3.90. The highest BCUT2D eigenvalue weighted by Crippen LogP contribution is 2.03. The van der Waals surface area contributed by atoms with Gasteiger partial charge in [0.25, 0.3) is 0 Å². The van der Waals surface area contributed by atoms with Gasteiger partial charge in [0.15, 0.2) is 5.11 Å². The Bertz CT molecular complexity index is 518. The number of ether oxygens (including phenoxy) is 1. The molecule has 2 rings (SSSR count). The van der Waals surface area contributed by atoms with E-state index in [-0.39, 0.29) is 18.3 Å². The number of likely N-dealkylation sites (N-methyl/N-ethyl adjacent to an activating group) is 1. The molecule has 0 radical (unpaired) electrons. The molecule has 1 fully saturated rings. The molecule has 1 aliphatic rings. The molecule has 1 aromatic rings. The number of carbonyl (C=O) groups excluding carboxylic acids is 1. The summed E-state index contributed by atoms with van der Waals surface area (Å²) in [6.07, 6.45) is 0. The van der Waals surface area contributed by atoms with Crippen molar-refractivity contribution in [3.63, 3.8) is 0 Å². The molecular formula is C15H20FN3O2S. The van der Waals surface area contributed by atoms with Crippen LogP contribution in [0.4, 0.5) is 4.39 Å². The number of nitrogens with zero attached hydrogens (tertiary/aromatic N) is 2. The Morgan fingerprint density at radius 1 is 1.36 bits per heavy atom. The minimum atomic E-state index is -0.264. The van der Waals surface area contributed by atoms with Gasteiger partial charge in [-0.25, -0.2) is 4.39 Å². The van der Waals surface area contributed by atoms with Gasteiger partial charge in [-0.3, -0.25) is 4.79 Å². The van der Waals surface area contributed by atoms with E-state index in [9.17, 15) is 9.18 Å². The number of nitrogens with one attached hydrogen (secondary N) is 1. The van der Waals surface area contributed by atoms with Crippen LogP contribution in [0.3, 0.4) is 0 Å². The van der Waals surface area contributed by atoms with Gasteiger partial charge in [-0.15, -0.1) is 0 Å². The molecule has 1 heterocycles. The maximum atomic E-state index is 12.8. The summed E-state index contributed by atoms with van der Waals surface area (Å²) in [7, 11) is 1.78. The van der Waals surface area contributed by atoms with Crippen molar-refractivity contribution in [3.05, 3.63) is 35.6 Å². The van der Waals surface area contributed by atoms with Crippen molar-refractivity contribution in [1.29, 1.82) is 0 Å². The summed E-state index contributed by atoms with van der Waals surface area (Å²) in [6, 6.07) is 6.21. The van der Waals surface area contributed by atoms with Crippen molar-refractivity contribution >= 4 is 23.2 Å². The first-order chi connectivity index (χ1) is 10.6. The fourth-order valence-electron chi connectivity index (χ4n) is 2.10. The first-order valence-electron chi connectivity index (χ1n) is 7.15. The molecule has 0 bridgehead atoms. The topological polar surface area (TPSA) is 44.8 Å². The SMILES string of the molecule is CN(CC(=O)N1CCOCC1)C(=S)NCc1ccc(F)cc1. The van der Waals surface area contributed by atoms with E-state index in [1.54, 1.807) is 29.0 Å². The van der Waals surface area contributed by atoms with Crippen LogP contribution in [0.1, 0.15) is 5.56 Å². The summed E-state index contributed by atoms with van der Waals surface area (Å²) in [5, 5.41) is 3.56. The average molecular weight is 325 g/mol. The summed E-state index contributed by atoms with van der Waals surface area (Å²) in [5.41, 5.74) is 0.927. The summed E-state index contributed by atoms with van der Waals surface area (Å²) in [4.78, 5) is 15.6. The molecule has 1 amide bonds. The number of thiocarbonyl (C=S) groups is 1. The summed E-state index contributed by atoms with van der Waals surface area (Å²) in [6.45, 7) is 3.15. The highest BCUT2D eigenvalue weighted by Gasteiger charge is 2.19. The van der Waals surface area contributed by atoms with E-state index in [0.29, 0.717) is 38.0 Å². The molecule has 0 aliphatic carbocycles. The molecule has 5 nitrogen and oxygen atoms in total. The number of amides is 1. The number of hydrogen-bond donors (Lipinski definition) is 1. The Hall–Kier alpha value is -1.73. The summed E-state index contributed by atoms with van der Waals surface area (Å²) < 4.78 is 18.1. The first kappa shape index (κ1) is 16.6. The predicted octanol–water partition coefficient (Wildman–Crippen LogP) is 0.991. The van der Waals surface area contributed by atoms with Gasteiger partial charge in [0.1, 0.15) is 5.82 Å². The normalized spacial score (nSPS) is 14.5. The number of hydrogen-bond acceptors (Lipinski definition) is 3. The Labute approximate surface area is 135 Å². The van der Waals surface area contributed by atoms with Crippen LogP contribution in [0.15, 0.2) is 24.3 Å². The Morgan fingerprint density at radius 2 is 2.00 bits per heavy atom. The van der Waals surface area contributed by atoms with E-state index in [2.05, 4.69) is 5.32 Å². The van der Waals surface area contributed by atoms with Gasteiger partial charge in [-0.2, -0.15) is 0 Å². The molecule has 0 atom stereocenters. The van der Waals surface area contributed by atoms with Crippen LogP contribution in [0.25, 0.3) is 0 Å². The maximum Gasteiger partial charge on any atom is 0.242 e. The Morgan fingerprint density at radius 3 is 2.64 bits per heavy atom. The Kier molecular flexibility index (Phi) is 6.09. The van der Waals surface area contributed by atoms with Gasteiger partial charge in [0, 0.05) is 26.7 Å². The van der Waals surface area contributed by atoms with Gasteiger partial charge in [0.05, 0.1) is 19.8 Å². The van der Waals surface area contributed by atoms with Crippen molar-refractivity contribution in [2.45, 2.75) is 6.54 Å². The van der Waals surface area contributed by atoms with Gasteiger partial charge in [0.2, 0.25) is 5.91 Å². The summed E-state index contributed by atoms with van der Waals surface area (Å²) in [5.74, 6) is -0.226. The minimum absolute atomic E-state index is 0.0386. The van der Waals surface area contributed by atoms with Gasteiger partial charge >= 0.3 is 0 Å². The number of carbonyl (C=O) groups is 1. The molecule has 1 saturated heterocycles. The van der Waals surface area contributed by atoms with E-state index in [1.807, 2.05) is 0 Å². The Balaban J connectivity index is 1.76. The van der Waals surface area contributed by atoms with E-state index < -0.39 is 0 Å². The first-order valence-corrected chi connectivity index (χ1v) is 7.56. The molecule has 120 valence electrons. The quantitative estimate of drug-likeness (QED) is 0.837. The molecule has 0 spiro atoms. The second-order valence-electron chi connectivity index (χ2n) is 5.13. The van der Waals surface area contributed by atoms with Crippen molar-refractivity contribution in [2.24, 2.45) is 0 Å². The number of morpholine rings is 1. The van der Waals surface area contributed by atoms with Crippen LogP contribution >= 0.6 is 12.2 Å². The van der Waals surface area contributed by atoms with Crippen molar-refractivity contribution in [2.75, 3.05) is 39.9 Å². The maximum absolute atomic E-state index is 12.8. The predicted molar refractivity (Wildman–Crippen MR) is 85.9 cm³/mol. The smallest absolute Gasteiger partial charge is 0.242 e. The van der Waals surface area contributed by atoms with E-state index >= 15 is 0 Å². The lowest BCUT2D eigenvalue weighted by molar-refractivity contribution is -0.135. The van der Waals surface area contributed by atoms with Crippen molar-refractivity contribution in [1.82, 2.24) is 15.1 Å². The van der Waals surface area contributed by atoms with Gasteiger partial charge in [-0.1, -0.05) is 12.1 Å². The molecular weight excluding hydrogens is 305 g/mol. The molecule has 1 aromatic carbocycles. The largest absolute Gasteiger partial charge is 0.378 e. The van der Waals surface area contributed by atoms with E-state index in [0.717, 1.165) is 5.56 Å². The van der Waals surface area contributed by atoms with Crippen molar-refractivity contribution in [3.8, 4) is 0 Å². The minimum Gasteiger partial charge on any atom is -0.378 e. The fourth-order valence-corrected chi connectivity index (χ4v) is 2.24. The second-order valence-corrected chi connectivity index (χ2v) is 5.52. The van der Waals surface area contributed by atoms with Crippen LogP contribution in [-0.2, 0) is 16.1 Å². The number of benzene rings is 1. The molecule has 22 heavy (non-hydrogen) atoms. The zero-order valence-electron chi connectivity index (χ0n) is 12.5. The van der Waals surface area contributed by atoms with E-state index in [1.165, 1.54) is 12.1 Å². The summed E-state index contributed by atoms with van der Waals surface area (Å²) >= 11 is 5.27. The third kappa shape index (κ3) is 4.92. The van der Waals surface area contributed by atoms with Crippen LogP contribution < -0.4 is 5.32 Å². The number of rotatable bonds is 4. The molecule has 7 heteroatoms. The van der Waals surface area contributed by atoms with Crippen LogP contribution in [0.5, 0.6) is 0 Å². The van der Waals surface area contributed by atoms with Crippen LogP contribution in [0.2, 0.25) is 0 Å². The lowest BCUT2D eigenvalue weighted by Crippen LogP contribution is -2.47. The molecule has 0 unspecified atom stereocenters. The zero-order chi connectivity index (χ0) is 15.9. The number of halogens is 1. The van der Waals surface area contributed by atoms with Gasteiger partial charge < -0.3 is 19.9 Å². The lowest BCUT2D eigenvalue weighted by Gasteiger charge is -2.29. The zero-order valence-corrected chi connectivity index (χ0v) is 13.4. The van der Waals surface area contributed by atoms with E-state index in [4.69, 9.17) is 17.0 Å². The second kappa shape index (κ2) is 8.05. The molecule has 0 saturated carbocycles. The fraction of sp³-hybridized carbons (Fsp3) is 0.467. The monoisotopic (exact) mass is 325 g/mol. The van der Waals surface area contributed by atoms with Crippen molar-refractivity contribution < 1.29 is 13.9 Å². The van der Waals surface area contributed by atoms with Crippen LogP contribution in [0, 0.1) is 5.82 Å².